The Morgan fingerprint density at radius 2 is 1.90 bits per heavy atom. The molecule has 0 fully saturated rings. The van der Waals surface area contributed by atoms with Crippen LogP contribution < -0.4 is 5.32 Å². The van der Waals surface area contributed by atoms with E-state index in [1.165, 1.54) is 23.8 Å². The average molecular weight is 272 g/mol. The van der Waals surface area contributed by atoms with Gasteiger partial charge in [0.15, 0.2) is 0 Å². The summed E-state index contributed by atoms with van der Waals surface area (Å²) in [5.74, 6) is 0.0720. The second-order valence-electron chi connectivity index (χ2n) is 4.48. The molecule has 5 nitrogen and oxygen atoms in total. The van der Waals surface area contributed by atoms with Gasteiger partial charge in [0.05, 0.1) is 4.92 Å². The van der Waals surface area contributed by atoms with Gasteiger partial charge in [0, 0.05) is 24.2 Å². The second kappa shape index (κ2) is 6.68. The molecule has 2 rings (SSSR count). The highest BCUT2D eigenvalue weighted by atomic mass is 16.6. The van der Waals surface area contributed by atoms with Crippen molar-refractivity contribution >= 4 is 5.69 Å². The van der Waals surface area contributed by atoms with Gasteiger partial charge in [-0.3, -0.25) is 10.1 Å². The molecular formula is C15H16N2O3. The van der Waals surface area contributed by atoms with E-state index >= 15 is 0 Å². The first kappa shape index (κ1) is 14.0. The number of nitrogens with one attached hydrogen (secondary N) is 1. The van der Waals surface area contributed by atoms with Gasteiger partial charge in [-0.25, -0.2) is 0 Å². The smallest absolute Gasteiger partial charge is 0.270 e. The van der Waals surface area contributed by atoms with Gasteiger partial charge in [0.2, 0.25) is 0 Å². The zero-order chi connectivity index (χ0) is 14.4. The molecular weight excluding hydrogens is 256 g/mol. The molecule has 2 aromatic rings. The normalized spacial score (nSPS) is 10.4. The Balaban J connectivity index is 1.88. The number of nitro benzene ring substituents is 1. The fourth-order valence-electron chi connectivity index (χ4n) is 1.93. The number of phenols is 1. The molecule has 0 radical (unpaired) electrons. The quantitative estimate of drug-likeness (QED) is 0.481. The molecule has 2 N–H and O–H groups in total. The molecule has 0 aliphatic heterocycles. The van der Waals surface area contributed by atoms with Crippen LogP contribution in [0.2, 0.25) is 0 Å². The standard InChI is InChI=1S/C15H16N2O3/c18-15-7-6-14(17(19)20)10-13(15)11-16-9-8-12-4-2-1-3-5-12/h1-7,10,16,18H,8-9,11H2. The third kappa shape index (κ3) is 3.80. The molecule has 0 aliphatic carbocycles. The van der Waals surface area contributed by atoms with E-state index in [0.29, 0.717) is 12.1 Å². The summed E-state index contributed by atoms with van der Waals surface area (Å²) in [5.41, 5.74) is 1.75. The van der Waals surface area contributed by atoms with Gasteiger partial charge in [-0.1, -0.05) is 30.3 Å². The predicted molar refractivity (Wildman–Crippen MR) is 76.6 cm³/mol. The van der Waals surface area contributed by atoms with Crippen molar-refractivity contribution in [2.45, 2.75) is 13.0 Å². The minimum Gasteiger partial charge on any atom is -0.508 e. The molecule has 0 atom stereocenters. The number of hydrogen-bond acceptors (Lipinski definition) is 4. The molecule has 0 aromatic heterocycles. The van der Waals surface area contributed by atoms with Gasteiger partial charge in [-0.05, 0) is 24.6 Å². The van der Waals surface area contributed by atoms with Crippen molar-refractivity contribution in [2.24, 2.45) is 0 Å². The van der Waals surface area contributed by atoms with Crippen LogP contribution in [0, 0.1) is 10.1 Å². The van der Waals surface area contributed by atoms with E-state index in [4.69, 9.17) is 0 Å². The SMILES string of the molecule is O=[N+]([O-])c1ccc(O)c(CNCCc2ccccc2)c1. The van der Waals surface area contributed by atoms with Crippen molar-refractivity contribution in [1.82, 2.24) is 5.32 Å². The Kier molecular flexibility index (Phi) is 4.68. The molecule has 0 bridgehead atoms. The van der Waals surface area contributed by atoms with E-state index in [9.17, 15) is 15.2 Å². The summed E-state index contributed by atoms with van der Waals surface area (Å²) in [6.45, 7) is 1.15. The Morgan fingerprint density at radius 3 is 2.60 bits per heavy atom. The Hall–Kier alpha value is -2.40. The molecule has 0 saturated carbocycles. The van der Waals surface area contributed by atoms with Crippen LogP contribution in [0.3, 0.4) is 0 Å². The number of nitrogens with zero attached hydrogens (tertiary/aromatic N) is 1. The summed E-state index contributed by atoms with van der Waals surface area (Å²) < 4.78 is 0. The Morgan fingerprint density at radius 1 is 1.15 bits per heavy atom. The molecule has 0 unspecified atom stereocenters. The third-order valence-electron chi connectivity index (χ3n) is 3.02. The van der Waals surface area contributed by atoms with Crippen LogP contribution in [0.15, 0.2) is 48.5 Å². The van der Waals surface area contributed by atoms with E-state index in [0.717, 1.165) is 13.0 Å². The lowest BCUT2D eigenvalue weighted by Crippen LogP contribution is -2.16. The zero-order valence-electron chi connectivity index (χ0n) is 11.0. The van der Waals surface area contributed by atoms with Gasteiger partial charge < -0.3 is 10.4 Å². The summed E-state index contributed by atoms with van der Waals surface area (Å²) in [7, 11) is 0. The number of benzene rings is 2. The monoisotopic (exact) mass is 272 g/mol. The topological polar surface area (TPSA) is 75.4 Å². The summed E-state index contributed by atoms with van der Waals surface area (Å²) in [6.07, 6.45) is 0.872. The van der Waals surface area contributed by atoms with Crippen LogP contribution in [-0.2, 0) is 13.0 Å². The van der Waals surface area contributed by atoms with Crippen molar-refractivity contribution in [3.63, 3.8) is 0 Å². The molecule has 0 heterocycles. The molecule has 5 heteroatoms. The minimum absolute atomic E-state index is 0.0114. The summed E-state index contributed by atoms with van der Waals surface area (Å²) in [5, 5.41) is 23.5. The lowest BCUT2D eigenvalue weighted by molar-refractivity contribution is -0.384. The number of phenolic OH excluding ortho intramolecular Hbond substituents is 1. The van der Waals surface area contributed by atoms with Gasteiger partial charge in [0.25, 0.3) is 5.69 Å². The summed E-state index contributed by atoms with van der Waals surface area (Å²) in [6, 6.07) is 14.1. The molecule has 20 heavy (non-hydrogen) atoms. The van der Waals surface area contributed by atoms with Crippen molar-refractivity contribution in [3.8, 4) is 5.75 Å². The van der Waals surface area contributed by atoms with Crippen LogP contribution in [0.1, 0.15) is 11.1 Å². The number of aromatic hydroxyl groups is 1. The van der Waals surface area contributed by atoms with Gasteiger partial charge >= 0.3 is 0 Å². The maximum absolute atomic E-state index is 10.7. The van der Waals surface area contributed by atoms with Gasteiger partial charge in [-0.2, -0.15) is 0 Å². The van der Waals surface area contributed by atoms with Crippen molar-refractivity contribution in [1.29, 1.82) is 0 Å². The fourth-order valence-corrected chi connectivity index (χ4v) is 1.93. The number of non-ortho nitro benzene ring substituents is 1. The maximum Gasteiger partial charge on any atom is 0.270 e. The van der Waals surface area contributed by atoms with Crippen molar-refractivity contribution in [2.75, 3.05) is 6.54 Å². The van der Waals surface area contributed by atoms with Gasteiger partial charge in [-0.15, -0.1) is 0 Å². The molecule has 2 aromatic carbocycles. The van der Waals surface area contributed by atoms with Crippen molar-refractivity contribution in [3.05, 3.63) is 69.8 Å². The number of hydrogen-bond donors (Lipinski definition) is 2. The predicted octanol–water partition coefficient (Wildman–Crippen LogP) is 2.63. The van der Waals surface area contributed by atoms with E-state index in [-0.39, 0.29) is 11.4 Å². The molecule has 104 valence electrons. The highest BCUT2D eigenvalue weighted by molar-refractivity contribution is 5.42. The summed E-state index contributed by atoms with van der Waals surface area (Å²) in [4.78, 5) is 10.2. The fraction of sp³-hybridized carbons (Fsp3) is 0.200. The van der Waals surface area contributed by atoms with Crippen LogP contribution in [-0.4, -0.2) is 16.6 Å². The maximum atomic E-state index is 10.7. The van der Waals surface area contributed by atoms with E-state index in [1.54, 1.807) is 0 Å². The Bertz CT molecular complexity index is 585. The van der Waals surface area contributed by atoms with Crippen LogP contribution in [0.4, 0.5) is 5.69 Å². The van der Waals surface area contributed by atoms with Crippen molar-refractivity contribution < 1.29 is 10.0 Å². The minimum atomic E-state index is -0.465. The molecule has 0 amide bonds. The number of rotatable bonds is 6. The first-order valence-corrected chi connectivity index (χ1v) is 6.38. The first-order chi connectivity index (χ1) is 9.66. The lowest BCUT2D eigenvalue weighted by atomic mass is 10.1. The Labute approximate surface area is 117 Å². The average Bonchev–Trinajstić information content (AvgIpc) is 2.46. The molecule has 0 aliphatic rings. The molecule has 0 spiro atoms. The van der Waals surface area contributed by atoms with Crippen LogP contribution >= 0.6 is 0 Å². The first-order valence-electron chi connectivity index (χ1n) is 6.38. The van der Waals surface area contributed by atoms with Gasteiger partial charge in [0.1, 0.15) is 5.75 Å². The van der Waals surface area contributed by atoms with E-state index in [2.05, 4.69) is 5.32 Å². The van der Waals surface area contributed by atoms with Crippen LogP contribution in [0.5, 0.6) is 5.75 Å². The van der Waals surface area contributed by atoms with E-state index < -0.39 is 4.92 Å². The zero-order valence-corrected chi connectivity index (χ0v) is 11.0. The lowest BCUT2D eigenvalue weighted by Gasteiger charge is -2.07. The second-order valence-corrected chi connectivity index (χ2v) is 4.48. The largest absolute Gasteiger partial charge is 0.508 e. The summed E-state index contributed by atoms with van der Waals surface area (Å²) >= 11 is 0. The highest BCUT2D eigenvalue weighted by Gasteiger charge is 2.09. The molecule has 0 saturated heterocycles. The van der Waals surface area contributed by atoms with Crippen LogP contribution in [0.25, 0.3) is 0 Å². The highest BCUT2D eigenvalue weighted by Crippen LogP contribution is 2.22. The third-order valence-corrected chi connectivity index (χ3v) is 3.02. The van der Waals surface area contributed by atoms with E-state index in [1.807, 2.05) is 30.3 Å². The number of nitro groups is 1.